The second-order valence-corrected chi connectivity index (χ2v) is 8.28. The maximum atomic E-state index is 13.7. The summed E-state index contributed by atoms with van der Waals surface area (Å²) in [5.74, 6) is 6.08. The van der Waals surface area contributed by atoms with E-state index in [1.54, 1.807) is 55.0 Å². The Morgan fingerprint density at radius 3 is 2.74 bits per heavy atom. The molecule has 0 radical (unpaired) electrons. The molecule has 172 valence electrons. The zero-order valence-corrected chi connectivity index (χ0v) is 18.2. The smallest absolute Gasteiger partial charge is 0.333 e. The van der Waals surface area contributed by atoms with Crippen LogP contribution in [0.25, 0.3) is 0 Å². The van der Waals surface area contributed by atoms with Gasteiger partial charge in [-0.15, -0.1) is 4.59 Å². The zero-order chi connectivity index (χ0) is 23.7. The number of carbonyl (C=O) groups is 2. The van der Waals surface area contributed by atoms with Crippen molar-refractivity contribution >= 4 is 35.4 Å². The zero-order valence-electron chi connectivity index (χ0n) is 18.2. The molecular formula is C24H23FN7O2+. The Bertz CT molecular complexity index is 1300. The number of aliphatic imine (C=N–C) groups is 2. The molecule has 1 atom stereocenters. The summed E-state index contributed by atoms with van der Waals surface area (Å²) < 4.78 is 13.4. The number of hydrogen-bond donors (Lipinski definition) is 4. The highest BCUT2D eigenvalue weighted by Gasteiger charge is 2.50. The third-order valence-electron chi connectivity index (χ3n) is 5.75. The van der Waals surface area contributed by atoms with Crippen LogP contribution in [0.4, 0.5) is 20.6 Å². The van der Waals surface area contributed by atoms with Crippen molar-refractivity contribution in [3.63, 3.8) is 0 Å². The Morgan fingerprint density at radius 2 is 1.94 bits per heavy atom. The van der Waals surface area contributed by atoms with Crippen molar-refractivity contribution < 1.29 is 18.6 Å². The molecule has 2 aliphatic heterocycles. The van der Waals surface area contributed by atoms with E-state index in [9.17, 15) is 14.0 Å². The van der Waals surface area contributed by atoms with Gasteiger partial charge in [0.2, 0.25) is 5.70 Å². The molecule has 2 aromatic rings. The Kier molecular flexibility index (Phi) is 5.52. The highest BCUT2D eigenvalue weighted by atomic mass is 19.1. The molecular weight excluding hydrogens is 437 g/mol. The van der Waals surface area contributed by atoms with Gasteiger partial charge >= 0.3 is 17.8 Å². The van der Waals surface area contributed by atoms with E-state index < -0.39 is 17.8 Å². The molecule has 2 heterocycles. The first-order valence-corrected chi connectivity index (χ1v) is 10.9. The fourth-order valence-corrected chi connectivity index (χ4v) is 3.86. The molecule has 3 aliphatic rings. The van der Waals surface area contributed by atoms with Crippen molar-refractivity contribution in [1.29, 1.82) is 0 Å². The number of benzene rings is 2. The number of urea groups is 1. The van der Waals surface area contributed by atoms with E-state index in [1.807, 2.05) is 0 Å². The number of quaternary nitrogens is 1. The number of nitrogens with two attached hydrogens (primary N) is 1. The van der Waals surface area contributed by atoms with Crippen LogP contribution < -0.4 is 21.8 Å². The summed E-state index contributed by atoms with van der Waals surface area (Å²) in [6, 6.07) is 12.4. The summed E-state index contributed by atoms with van der Waals surface area (Å²) in [5, 5.41) is 7.99. The molecule has 5 N–H and O–H groups in total. The Morgan fingerprint density at radius 1 is 1.12 bits per heavy atom. The SMILES string of the molecule is N[N+]12C=CN=CC1=C(C1CC1)N=C2C(=O)Nc1cccc(CNC(=O)Nc2ccccc2F)c1. The van der Waals surface area contributed by atoms with Crippen LogP contribution in [0.1, 0.15) is 18.4 Å². The number of allylic oxidation sites excluding steroid dienone is 2. The fourth-order valence-electron chi connectivity index (χ4n) is 3.86. The molecule has 5 rings (SSSR count). The monoisotopic (exact) mass is 460 g/mol. The van der Waals surface area contributed by atoms with Gasteiger partial charge in [0.1, 0.15) is 17.7 Å². The largest absolute Gasteiger partial charge is 0.334 e. The molecule has 1 saturated carbocycles. The van der Waals surface area contributed by atoms with Crippen LogP contribution in [0.15, 0.2) is 82.3 Å². The molecule has 1 fully saturated rings. The van der Waals surface area contributed by atoms with Gasteiger partial charge < -0.3 is 16.0 Å². The van der Waals surface area contributed by atoms with E-state index in [0.717, 1.165) is 24.1 Å². The minimum Gasteiger partial charge on any atom is -0.334 e. The van der Waals surface area contributed by atoms with Crippen molar-refractivity contribution in [2.75, 3.05) is 10.6 Å². The van der Waals surface area contributed by atoms with E-state index >= 15 is 0 Å². The van der Waals surface area contributed by atoms with Crippen molar-refractivity contribution in [1.82, 2.24) is 5.32 Å². The van der Waals surface area contributed by atoms with Gasteiger partial charge in [0.25, 0.3) is 0 Å². The molecule has 0 aromatic heterocycles. The standard InChI is InChI=1S/C24H22FN7O2/c25-18-6-1-2-7-19(18)30-24(34)28-13-15-4-3-5-17(12-15)29-23(33)22-31-21(16-8-9-16)20-14-27-10-11-32(20,22)26/h1-7,10-12,14,16H,8-9,13,26H2,(H2-,28,29,30,33,34)/p+1. The van der Waals surface area contributed by atoms with Gasteiger partial charge in [-0.1, -0.05) is 24.3 Å². The second-order valence-electron chi connectivity index (χ2n) is 8.28. The molecule has 0 bridgehead atoms. The summed E-state index contributed by atoms with van der Waals surface area (Å²) in [6.07, 6.45) is 6.90. The maximum absolute atomic E-state index is 13.7. The summed E-state index contributed by atoms with van der Waals surface area (Å²) in [4.78, 5) is 34.0. The molecule has 0 saturated heterocycles. The van der Waals surface area contributed by atoms with Gasteiger partial charge in [0, 0.05) is 18.2 Å². The Labute approximate surface area is 195 Å². The minimum absolute atomic E-state index is 0.0903. The van der Waals surface area contributed by atoms with E-state index in [1.165, 1.54) is 12.1 Å². The minimum atomic E-state index is -0.542. The predicted octanol–water partition coefficient (Wildman–Crippen LogP) is 3.37. The van der Waals surface area contributed by atoms with Crippen molar-refractivity contribution in [2.45, 2.75) is 19.4 Å². The van der Waals surface area contributed by atoms with E-state index in [2.05, 4.69) is 25.9 Å². The number of fused-ring (bicyclic) bond motifs is 1. The van der Waals surface area contributed by atoms with E-state index in [0.29, 0.717) is 17.3 Å². The number of halogens is 1. The highest BCUT2D eigenvalue weighted by molar-refractivity contribution is 6.40. The van der Waals surface area contributed by atoms with Crippen LogP contribution in [0, 0.1) is 11.7 Å². The molecule has 10 heteroatoms. The molecule has 9 nitrogen and oxygen atoms in total. The van der Waals surface area contributed by atoms with Gasteiger partial charge in [0.05, 0.1) is 18.1 Å². The first kappa shape index (κ1) is 21.7. The number of para-hydroxylation sites is 1. The van der Waals surface area contributed by atoms with Crippen LogP contribution in [-0.2, 0) is 11.3 Å². The lowest BCUT2D eigenvalue weighted by Crippen LogP contribution is -2.56. The van der Waals surface area contributed by atoms with E-state index in [4.69, 9.17) is 5.84 Å². The van der Waals surface area contributed by atoms with Gasteiger partial charge in [-0.3, -0.25) is 9.79 Å². The fraction of sp³-hybridized carbons (Fsp3) is 0.167. The first-order chi connectivity index (χ1) is 16.4. The van der Waals surface area contributed by atoms with Crippen LogP contribution in [0.2, 0.25) is 0 Å². The summed E-state index contributed by atoms with van der Waals surface area (Å²) in [6.45, 7) is 0.179. The average molecular weight is 460 g/mol. The van der Waals surface area contributed by atoms with Crippen LogP contribution in [0.3, 0.4) is 0 Å². The Balaban J connectivity index is 1.24. The summed E-state index contributed by atoms with van der Waals surface area (Å²) >= 11 is 0. The molecule has 1 aliphatic carbocycles. The number of nitrogens with zero attached hydrogens (tertiary/aromatic N) is 3. The second kappa shape index (κ2) is 8.65. The quantitative estimate of drug-likeness (QED) is 0.391. The number of amidine groups is 1. The molecule has 2 aromatic carbocycles. The Hall–Kier alpha value is -4.15. The van der Waals surface area contributed by atoms with Crippen molar-refractivity contribution in [3.05, 3.63) is 83.7 Å². The normalized spacial score (nSPS) is 20.6. The summed E-state index contributed by atoms with van der Waals surface area (Å²) in [7, 11) is 0. The average Bonchev–Trinajstić information content (AvgIpc) is 3.61. The number of rotatable bonds is 6. The number of hydrogen-bond acceptors (Lipinski definition) is 5. The topological polar surface area (TPSA) is 121 Å². The van der Waals surface area contributed by atoms with Gasteiger partial charge in [-0.05, 0) is 42.7 Å². The highest BCUT2D eigenvalue weighted by Crippen LogP contribution is 2.43. The molecule has 34 heavy (non-hydrogen) atoms. The number of nitrogens with one attached hydrogen (secondary N) is 3. The summed E-state index contributed by atoms with van der Waals surface area (Å²) in [5.41, 5.74) is 2.90. The predicted molar refractivity (Wildman–Crippen MR) is 127 cm³/mol. The maximum Gasteiger partial charge on any atom is 0.333 e. The molecule has 3 amide bonds. The van der Waals surface area contributed by atoms with Gasteiger partial charge in [-0.25, -0.2) is 9.18 Å². The van der Waals surface area contributed by atoms with Crippen LogP contribution in [0.5, 0.6) is 0 Å². The van der Waals surface area contributed by atoms with E-state index in [-0.39, 0.29) is 22.7 Å². The number of carbonyl (C=O) groups excluding carboxylic acids is 2. The lowest BCUT2D eigenvalue weighted by Gasteiger charge is -2.25. The third-order valence-corrected chi connectivity index (χ3v) is 5.75. The number of anilines is 2. The first-order valence-electron chi connectivity index (χ1n) is 10.9. The van der Waals surface area contributed by atoms with Crippen LogP contribution >= 0.6 is 0 Å². The molecule has 0 spiro atoms. The lowest BCUT2D eigenvalue weighted by atomic mass is 10.2. The number of amides is 3. The van der Waals surface area contributed by atoms with Crippen LogP contribution in [-0.4, -0.2) is 28.6 Å². The van der Waals surface area contributed by atoms with Crippen molar-refractivity contribution in [3.8, 4) is 0 Å². The van der Waals surface area contributed by atoms with Gasteiger partial charge in [0.15, 0.2) is 0 Å². The lowest BCUT2D eigenvalue weighted by molar-refractivity contribution is -0.749. The third kappa shape index (κ3) is 4.24. The van der Waals surface area contributed by atoms with Gasteiger partial charge in [-0.2, -0.15) is 10.8 Å². The van der Waals surface area contributed by atoms with Crippen molar-refractivity contribution in [2.24, 2.45) is 21.7 Å². The molecule has 1 unspecified atom stereocenters.